The molecule has 0 aliphatic carbocycles. The minimum absolute atomic E-state index is 0.143. The minimum Gasteiger partial charge on any atom is -0.497 e. The van der Waals surface area contributed by atoms with Gasteiger partial charge in [-0.25, -0.2) is 8.78 Å². The number of hydrogen-bond acceptors (Lipinski definition) is 4. The van der Waals surface area contributed by atoms with Gasteiger partial charge in [0.2, 0.25) is 5.91 Å². The second kappa shape index (κ2) is 7.33. The molecule has 1 fully saturated rings. The topological polar surface area (TPSA) is 49.9 Å². The molecule has 2 aliphatic rings. The maximum Gasteiger partial charge on any atom is 0.268 e. The first kappa shape index (κ1) is 19.7. The number of fused-ring (bicyclic) bond motifs is 2. The van der Waals surface area contributed by atoms with E-state index in [1.807, 2.05) is 0 Å². The summed E-state index contributed by atoms with van der Waals surface area (Å²) in [5, 5.41) is 0. The van der Waals surface area contributed by atoms with Gasteiger partial charge in [-0.2, -0.15) is 0 Å². The molecule has 2 aromatic carbocycles. The van der Waals surface area contributed by atoms with Crippen LogP contribution in [0.1, 0.15) is 24.5 Å². The van der Waals surface area contributed by atoms with Gasteiger partial charge in [0, 0.05) is 29.8 Å². The van der Waals surface area contributed by atoms with Crippen molar-refractivity contribution in [3.8, 4) is 5.75 Å². The first-order valence-electron chi connectivity index (χ1n) is 9.31. The van der Waals surface area contributed by atoms with Gasteiger partial charge in [-0.05, 0) is 30.3 Å². The van der Waals surface area contributed by atoms with E-state index in [2.05, 4.69) is 0 Å². The normalized spacial score (nSPS) is 20.5. The van der Waals surface area contributed by atoms with Gasteiger partial charge in [0.1, 0.15) is 17.4 Å². The molecule has 8 heteroatoms. The van der Waals surface area contributed by atoms with Crippen molar-refractivity contribution in [3.63, 3.8) is 0 Å². The molecule has 0 aromatic heterocycles. The Balaban J connectivity index is 1.86. The highest BCUT2D eigenvalue weighted by atomic mass is 32.2. The van der Waals surface area contributed by atoms with Crippen LogP contribution in [-0.2, 0) is 21.0 Å². The first-order valence-corrected chi connectivity index (χ1v) is 10.3. The Bertz CT molecular complexity index is 980. The molecule has 2 heterocycles. The quantitative estimate of drug-likeness (QED) is 0.761. The molecule has 0 saturated carbocycles. The zero-order chi connectivity index (χ0) is 20.8. The zero-order valence-electron chi connectivity index (χ0n) is 16.1. The highest BCUT2D eigenvalue weighted by Crippen LogP contribution is 2.55. The molecular formula is C21H20F2N2O3S. The Kier molecular flexibility index (Phi) is 4.98. The van der Waals surface area contributed by atoms with Crippen molar-refractivity contribution in [3.05, 3.63) is 59.2 Å². The van der Waals surface area contributed by atoms with E-state index in [9.17, 15) is 18.4 Å². The third-order valence-corrected chi connectivity index (χ3v) is 6.80. The van der Waals surface area contributed by atoms with Crippen LogP contribution in [0.4, 0.5) is 14.5 Å². The number of thioether (sulfide) groups is 1. The number of halogens is 2. The molecule has 0 unspecified atom stereocenters. The lowest BCUT2D eigenvalue weighted by molar-refractivity contribution is -0.139. The Labute approximate surface area is 171 Å². The van der Waals surface area contributed by atoms with Crippen molar-refractivity contribution in [2.75, 3.05) is 24.3 Å². The summed E-state index contributed by atoms with van der Waals surface area (Å²) >= 11 is 1.37. The van der Waals surface area contributed by atoms with E-state index in [-0.39, 0.29) is 30.3 Å². The van der Waals surface area contributed by atoms with Gasteiger partial charge < -0.3 is 14.5 Å². The lowest BCUT2D eigenvalue weighted by atomic mass is 10.0. The molecule has 152 valence electrons. The van der Waals surface area contributed by atoms with E-state index < -0.39 is 16.5 Å². The SMILES string of the molecule is CCC(=O)N1CCS[C@]12C(=O)N(Cc1c(F)cccc1F)c1ccc(OC)cc12. The lowest BCUT2D eigenvalue weighted by Crippen LogP contribution is -2.50. The van der Waals surface area contributed by atoms with Gasteiger partial charge in [0.05, 0.1) is 19.3 Å². The zero-order valence-corrected chi connectivity index (χ0v) is 16.9. The number of amides is 2. The summed E-state index contributed by atoms with van der Waals surface area (Å²) in [7, 11) is 1.52. The number of anilines is 1. The van der Waals surface area contributed by atoms with Crippen LogP contribution < -0.4 is 9.64 Å². The van der Waals surface area contributed by atoms with Crippen molar-refractivity contribution in [2.24, 2.45) is 0 Å². The molecule has 29 heavy (non-hydrogen) atoms. The van der Waals surface area contributed by atoms with Crippen LogP contribution in [-0.4, -0.2) is 36.1 Å². The van der Waals surface area contributed by atoms with Gasteiger partial charge in [0.15, 0.2) is 4.87 Å². The molecule has 2 aliphatic heterocycles. The van der Waals surface area contributed by atoms with Crippen molar-refractivity contribution < 1.29 is 23.1 Å². The van der Waals surface area contributed by atoms with Crippen LogP contribution in [0.5, 0.6) is 5.75 Å². The van der Waals surface area contributed by atoms with Gasteiger partial charge in [0.25, 0.3) is 5.91 Å². The smallest absolute Gasteiger partial charge is 0.268 e. The Morgan fingerprint density at radius 3 is 2.62 bits per heavy atom. The summed E-state index contributed by atoms with van der Waals surface area (Å²) in [6.45, 7) is 1.92. The third-order valence-electron chi connectivity index (χ3n) is 5.38. The molecule has 0 radical (unpaired) electrons. The van der Waals surface area contributed by atoms with Crippen molar-refractivity contribution >= 4 is 29.3 Å². The predicted molar refractivity (Wildman–Crippen MR) is 107 cm³/mol. The predicted octanol–water partition coefficient (Wildman–Crippen LogP) is 3.66. The second-order valence-corrected chi connectivity index (χ2v) is 8.15. The number of hydrogen-bond donors (Lipinski definition) is 0. The van der Waals surface area contributed by atoms with Gasteiger partial charge in [-0.3, -0.25) is 9.59 Å². The van der Waals surface area contributed by atoms with Crippen molar-refractivity contribution in [1.82, 2.24) is 4.90 Å². The molecule has 1 saturated heterocycles. The number of benzene rings is 2. The Morgan fingerprint density at radius 2 is 1.97 bits per heavy atom. The molecule has 2 amide bonds. The van der Waals surface area contributed by atoms with Gasteiger partial charge >= 0.3 is 0 Å². The molecule has 1 atom stereocenters. The Morgan fingerprint density at radius 1 is 1.24 bits per heavy atom. The highest BCUT2D eigenvalue weighted by molar-refractivity contribution is 8.01. The van der Waals surface area contributed by atoms with Crippen LogP contribution in [0.25, 0.3) is 0 Å². The van der Waals surface area contributed by atoms with Crippen LogP contribution in [0, 0.1) is 11.6 Å². The molecule has 4 rings (SSSR count). The van der Waals surface area contributed by atoms with Crippen LogP contribution in [0.2, 0.25) is 0 Å². The fourth-order valence-electron chi connectivity index (χ4n) is 3.97. The number of nitrogens with zero attached hydrogens (tertiary/aromatic N) is 2. The minimum atomic E-state index is -1.24. The maximum absolute atomic E-state index is 14.3. The second-order valence-electron chi connectivity index (χ2n) is 6.87. The Hall–Kier alpha value is -2.61. The molecular weight excluding hydrogens is 398 g/mol. The van der Waals surface area contributed by atoms with Crippen molar-refractivity contribution in [1.29, 1.82) is 0 Å². The summed E-state index contributed by atoms with van der Waals surface area (Å²) in [5.41, 5.74) is 0.959. The average Bonchev–Trinajstić information content (AvgIpc) is 3.26. The summed E-state index contributed by atoms with van der Waals surface area (Å²) in [6.07, 6.45) is 0.261. The number of ether oxygens (including phenoxy) is 1. The van der Waals surface area contributed by atoms with Crippen molar-refractivity contribution in [2.45, 2.75) is 24.8 Å². The number of carbonyl (C=O) groups excluding carboxylic acids is 2. The highest BCUT2D eigenvalue weighted by Gasteiger charge is 2.59. The van der Waals surface area contributed by atoms with E-state index >= 15 is 0 Å². The lowest BCUT2D eigenvalue weighted by Gasteiger charge is -2.33. The number of methoxy groups -OCH3 is 1. The first-order chi connectivity index (χ1) is 13.9. The van der Waals surface area contributed by atoms with E-state index in [1.54, 1.807) is 30.0 Å². The molecule has 2 aromatic rings. The average molecular weight is 418 g/mol. The summed E-state index contributed by atoms with van der Waals surface area (Å²) in [4.78, 5) is 28.0. The van der Waals surface area contributed by atoms with E-state index in [0.717, 1.165) is 0 Å². The molecule has 0 N–H and O–H groups in total. The number of carbonyl (C=O) groups is 2. The maximum atomic E-state index is 14.3. The largest absolute Gasteiger partial charge is 0.497 e. The number of rotatable bonds is 4. The summed E-state index contributed by atoms with van der Waals surface area (Å²) < 4.78 is 33.9. The van der Waals surface area contributed by atoms with E-state index in [1.165, 1.54) is 42.0 Å². The van der Waals surface area contributed by atoms with Crippen LogP contribution in [0.15, 0.2) is 36.4 Å². The molecule has 5 nitrogen and oxygen atoms in total. The summed E-state index contributed by atoms with van der Waals surface area (Å²) in [5.74, 6) is -0.797. The molecule has 1 spiro atoms. The molecule has 0 bridgehead atoms. The van der Waals surface area contributed by atoms with Gasteiger partial charge in [-0.15, -0.1) is 11.8 Å². The fourth-order valence-corrected chi connectivity index (χ4v) is 5.44. The fraction of sp³-hybridized carbons (Fsp3) is 0.333. The van der Waals surface area contributed by atoms with Gasteiger partial charge in [-0.1, -0.05) is 13.0 Å². The van der Waals surface area contributed by atoms with E-state index in [4.69, 9.17) is 4.74 Å². The van der Waals surface area contributed by atoms with Crippen LogP contribution >= 0.6 is 11.8 Å². The van der Waals surface area contributed by atoms with Crippen LogP contribution in [0.3, 0.4) is 0 Å². The summed E-state index contributed by atoms with van der Waals surface area (Å²) in [6, 6.07) is 8.75. The monoisotopic (exact) mass is 418 g/mol. The third kappa shape index (κ3) is 2.88. The standard InChI is InChI=1S/C21H20F2N2O3S/c1-3-19(26)25-9-10-29-21(25)15-11-13(28-2)7-8-18(15)24(20(21)27)12-14-16(22)5-4-6-17(14)23/h4-8,11H,3,9-10,12H2,1-2H3/t21-/m1/s1. The van der Waals surface area contributed by atoms with E-state index in [0.29, 0.717) is 29.3 Å².